The largest absolute Gasteiger partial charge is 0.0956 e. The van der Waals surface area contributed by atoms with Gasteiger partial charge in [-0.1, -0.05) is 31.7 Å². The SMILES string of the molecule is C=[C]CCC/C=C/CC. The van der Waals surface area contributed by atoms with E-state index in [1.165, 1.54) is 12.8 Å². The third kappa shape index (κ3) is 7.48. The van der Waals surface area contributed by atoms with Gasteiger partial charge in [-0.05, 0) is 25.7 Å². The Labute approximate surface area is 58.3 Å². The van der Waals surface area contributed by atoms with Gasteiger partial charge in [-0.25, -0.2) is 0 Å². The van der Waals surface area contributed by atoms with Crippen LogP contribution in [0.2, 0.25) is 0 Å². The minimum Gasteiger partial charge on any atom is -0.0956 e. The molecule has 0 amide bonds. The van der Waals surface area contributed by atoms with Crippen LogP contribution >= 0.6 is 0 Å². The highest BCUT2D eigenvalue weighted by Gasteiger charge is 1.77. The van der Waals surface area contributed by atoms with Crippen molar-refractivity contribution >= 4 is 0 Å². The highest BCUT2D eigenvalue weighted by molar-refractivity contribution is 4.80. The summed E-state index contributed by atoms with van der Waals surface area (Å²) < 4.78 is 0. The van der Waals surface area contributed by atoms with E-state index >= 15 is 0 Å². The van der Waals surface area contributed by atoms with Gasteiger partial charge in [-0.2, -0.15) is 0 Å². The van der Waals surface area contributed by atoms with Gasteiger partial charge < -0.3 is 0 Å². The molecule has 51 valence electrons. The van der Waals surface area contributed by atoms with Crippen molar-refractivity contribution in [2.24, 2.45) is 0 Å². The fourth-order valence-electron chi connectivity index (χ4n) is 0.629. The summed E-state index contributed by atoms with van der Waals surface area (Å²) in [5.74, 6) is 0. The van der Waals surface area contributed by atoms with E-state index < -0.39 is 0 Å². The molecule has 0 heteroatoms. The average Bonchev–Trinajstić information content (AvgIpc) is 1.89. The van der Waals surface area contributed by atoms with Crippen LogP contribution in [-0.2, 0) is 0 Å². The van der Waals surface area contributed by atoms with Crippen LogP contribution in [0.15, 0.2) is 18.7 Å². The molecule has 9 heavy (non-hydrogen) atoms. The Morgan fingerprint density at radius 1 is 1.44 bits per heavy atom. The highest BCUT2D eigenvalue weighted by atomic mass is 13.8. The molecule has 0 aliphatic rings. The molecule has 0 rings (SSSR count). The topological polar surface area (TPSA) is 0 Å². The molecule has 0 atom stereocenters. The van der Waals surface area contributed by atoms with Crippen LogP contribution in [-0.4, -0.2) is 0 Å². The molecule has 0 aliphatic carbocycles. The van der Waals surface area contributed by atoms with Gasteiger partial charge in [-0.15, -0.1) is 0 Å². The Kier molecular flexibility index (Phi) is 7.05. The molecule has 0 aromatic heterocycles. The third-order valence-electron chi connectivity index (χ3n) is 1.13. The van der Waals surface area contributed by atoms with Crippen molar-refractivity contribution in [2.45, 2.75) is 32.6 Å². The van der Waals surface area contributed by atoms with Gasteiger partial charge in [0.2, 0.25) is 0 Å². The summed E-state index contributed by atoms with van der Waals surface area (Å²) in [4.78, 5) is 0. The van der Waals surface area contributed by atoms with Crippen molar-refractivity contribution in [1.82, 2.24) is 0 Å². The summed E-state index contributed by atoms with van der Waals surface area (Å²) in [5.41, 5.74) is 0. The number of allylic oxidation sites excluding steroid dienone is 3. The molecular formula is C9H15. The monoisotopic (exact) mass is 123 g/mol. The molecule has 0 spiro atoms. The summed E-state index contributed by atoms with van der Waals surface area (Å²) >= 11 is 0. The molecule has 0 aromatic carbocycles. The van der Waals surface area contributed by atoms with E-state index in [9.17, 15) is 0 Å². The lowest BCUT2D eigenvalue weighted by molar-refractivity contribution is 0.853. The summed E-state index contributed by atoms with van der Waals surface area (Å²) in [5, 5.41) is 0. The van der Waals surface area contributed by atoms with Crippen molar-refractivity contribution in [2.75, 3.05) is 0 Å². The smallest absolute Gasteiger partial charge is 0.0279 e. The Morgan fingerprint density at radius 2 is 2.22 bits per heavy atom. The molecule has 0 N–H and O–H groups in total. The Bertz CT molecular complexity index is 80.0. The minimum atomic E-state index is 1.02. The van der Waals surface area contributed by atoms with Gasteiger partial charge in [0, 0.05) is 0 Å². The first-order chi connectivity index (χ1) is 4.41. The van der Waals surface area contributed by atoms with E-state index in [0.717, 1.165) is 12.8 Å². The van der Waals surface area contributed by atoms with Crippen LogP contribution in [0.1, 0.15) is 32.6 Å². The summed E-state index contributed by atoms with van der Waals surface area (Å²) in [6.07, 6.45) is 11.8. The van der Waals surface area contributed by atoms with Gasteiger partial charge in [0.15, 0.2) is 0 Å². The summed E-state index contributed by atoms with van der Waals surface area (Å²) in [6, 6.07) is 0. The highest BCUT2D eigenvalue weighted by Crippen LogP contribution is 1.96. The predicted molar refractivity (Wildman–Crippen MR) is 42.2 cm³/mol. The van der Waals surface area contributed by atoms with E-state index in [2.05, 4.69) is 31.7 Å². The van der Waals surface area contributed by atoms with Crippen LogP contribution in [0.4, 0.5) is 0 Å². The van der Waals surface area contributed by atoms with Crippen molar-refractivity contribution in [3.63, 3.8) is 0 Å². The quantitative estimate of drug-likeness (QED) is 0.389. The number of hydrogen-bond acceptors (Lipinski definition) is 0. The zero-order chi connectivity index (χ0) is 6.95. The normalized spacial score (nSPS) is 10.3. The maximum absolute atomic E-state index is 3.53. The Morgan fingerprint density at radius 3 is 2.78 bits per heavy atom. The van der Waals surface area contributed by atoms with Crippen molar-refractivity contribution in [1.29, 1.82) is 0 Å². The zero-order valence-corrected chi connectivity index (χ0v) is 6.19. The lowest BCUT2D eigenvalue weighted by atomic mass is 10.2. The first kappa shape index (κ1) is 8.48. The molecule has 0 fully saturated rings. The number of unbranched alkanes of at least 4 members (excludes halogenated alkanes) is 2. The maximum atomic E-state index is 3.53. The molecule has 0 aliphatic heterocycles. The van der Waals surface area contributed by atoms with Crippen LogP contribution in [0.3, 0.4) is 0 Å². The number of hydrogen-bond donors (Lipinski definition) is 0. The maximum Gasteiger partial charge on any atom is -0.0279 e. The summed E-state index contributed by atoms with van der Waals surface area (Å²) in [6.45, 7) is 5.68. The molecule has 0 bridgehead atoms. The molecule has 0 saturated heterocycles. The summed E-state index contributed by atoms with van der Waals surface area (Å²) in [7, 11) is 0. The van der Waals surface area contributed by atoms with Crippen molar-refractivity contribution < 1.29 is 0 Å². The first-order valence-electron chi connectivity index (χ1n) is 3.56. The standard InChI is InChI=1S/C9H15/c1-3-5-7-9-8-6-4-2/h6,8H,1,4-5,7,9H2,2H3/b8-6+. The Hall–Kier alpha value is -0.520. The van der Waals surface area contributed by atoms with Crippen LogP contribution in [0.25, 0.3) is 0 Å². The van der Waals surface area contributed by atoms with Gasteiger partial charge in [0.05, 0.1) is 0 Å². The predicted octanol–water partition coefficient (Wildman–Crippen LogP) is 3.11. The van der Waals surface area contributed by atoms with Crippen molar-refractivity contribution in [3.8, 4) is 0 Å². The molecular weight excluding hydrogens is 108 g/mol. The molecule has 0 heterocycles. The van der Waals surface area contributed by atoms with Crippen LogP contribution in [0.5, 0.6) is 0 Å². The van der Waals surface area contributed by atoms with E-state index in [0.29, 0.717) is 0 Å². The second-order valence-corrected chi connectivity index (χ2v) is 2.02. The molecule has 0 nitrogen and oxygen atoms in total. The lowest BCUT2D eigenvalue weighted by Crippen LogP contribution is -1.67. The lowest BCUT2D eigenvalue weighted by Gasteiger charge is -1.86. The van der Waals surface area contributed by atoms with Gasteiger partial charge in [-0.3, -0.25) is 0 Å². The van der Waals surface area contributed by atoms with Gasteiger partial charge >= 0.3 is 0 Å². The van der Waals surface area contributed by atoms with E-state index in [1.54, 1.807) is 0 Å². The molecule has 0 saturated carbocycles. The first-order valence-corrected chi connectivity index (χ1v) is 3.56. The van der Waals surface area contributed by atoms with Crippen LogP contribution in [0, 0.1) is 6.08 Å². The second-order valence-electron chi connectivity index (χ2n) is 2.02. The van der Waals surface area contributed by atoms with E-state index in [-0.39, 0.29) is 0 Å². The molecule has 1 radical (unpaired) electrons. The molecule has 0 unspecified atom stereocenters. The van der Waals surface area contributed by atoms with Crippen molar-refractivity contribution in [3.05, 3.63) is 24.8 Å². The molecule has 0 aromatic rings. The average molecular weight is 123 g/mol. The van der Waals surface area contributed by atoms with Crippen LogP contribution < -0.4 is 0 Å². The fraction of sp³-hybridized carbons (Fsp3) is 0.556. The Balaban J connectivity index is 2.90. The minimum absolute atomic E-state index is 1.02. The van der Waals surface area contributed by atoms with E-state index in [1.807, 2.05) is 0 Å². The number of rotatable bonds is 5. The third-order valence-corrected chi connectivity index (χ3v) is 1.13. The van der Waals surface area contributed by atoms with Gasteiger partial charge in [0.1, 0.15) is 0 Å². The fourth-order valence-corrected chi connectivity index (χ4v) is 0.629. The zero-order valence-electron chi connectivity index (χ0n) is 6.19. The second kappa shape index (κ2) is 7.48. The van der Waals surface area contributed by atoms with E-state index in [4.69, 9.17) is 0 Å². The van der Waals surface area contributed by atoms with Gasteiger partial charge in [0.25, 0.3) is 0 Å².